The number of aromatic nitrogens is 1. The summed E-state index contributed by atoms with van der Waals surface area (Å²) in [5.74, 6) is 1.07. The highest BCUT2D eigenvalue weighted by atomic mass is 15.2. The molecule has 0 saturated carbocycles. The smallest absolute Gasteiger partial charge is 0.136 e. The number of benzene rings is 1. The third-order valence-corrected chi connectivity index (χ3v) is 3.43. The normalized spacial score (nSPS) is 16.2. The van der Waals surface area contributed by atoms with Crippen molar-refractivity contribution in [3.05, 3.63) is 30.0 Å². The topological polar surface area (TPSA) is 54.2 Å². The summed E-state index contributed by atoms with van der Waals surface area (Å²) in [5.41, 5.74) is 7.92. The van der Waals surface area contributed by atoms with Crippen LogP contribution in [0.1, 0.15) is 5.69 Å². The van der Waals surface area contributed by atoms with E-state index in [1.807, 2.05) is 19.1 Å². The maximum atomic E-state index is 6.06. The first-order valence-electron chi connectivity index (χ1n) is 6.37. The fraction of sp³-hybridized carbons (Fsp3) is 0.357. The molecule has 3 rings (SSSR count). The lowest BCUT2D eigenvalue weighted by Gasteiger charge is -2.29. The molecule has 0 bridgehead atoms. The first-order chi connectivity index (χ1) is 8.75. The van der Waals surface area contributed by atoms with Crippen molar-refractivity contribution in [2.24, 2.45) is 0 Å². The second-order valence-electron chi connectivity index (χ2n) is 4.77. The van der Waals surface area contributed by atoms with Crippen molar-refractivity contribution in [3.63, 3.8) is 0 Å². The van der Waals surface area contributed by atoms with Crippen LogP contribution in [0, 0.1) is 6.92 Å². The van der Waals surface area contributed by atoms with Crippen LogP contribution in [0.2, 0.25) is 0 Å². The Morgan fingerprint density at radius 3 is 2.78 bits per heavy atom. The van der Waals surface area contributed by atoms with Gasteiger partial charge in [0.05, 0.1) is 0 Å². The molecule has 0 amide bonds. The Morgan fingerprint density at radius 1 is 1.22 bits per heavy atom. The van der Waals surface area contributed by atoms with E-state index >= 15 is 0 Å². The van der Waals surface area contributed by atoms with Gasteiger partial charge in [0.1, 0.15) is 5.82 Å². The molecular formula is C14H18N4. The Hall–Kier alpha value is -1.81. The van der Waals surface area contributed by atoms with Gasteiger partial charge < -0.3 is 16.0 Å². The highest BCUT2D eigenvalue weighted by Gasteiger charge is 2.15. The number of piperazine rings is 1. The fourth-order valence-electron chi connectivity index (χ4n) is 2.53. The van der Waals surface area contributed by atoms with E-state index in [4.69, 9.17) is 10.7 Å². The van der Waals surface area contributed by atoms with Gasteiger partial charge in [-0.25, -0.2) is 4.98 Å². The zero-order valence-corrected chi connectivity index (χ0v) is 10.6. The quantitative estimate of drug-likeness (QED) is 0.745. The second kappa shape index (κ2) is 4.46. The standard InChI is InChI=1S/C14H18N4/c1-10-9-12-11(3-2-4-13(12)15)14(17-10)18-7-5-16-6-8-18/h2-4,9,16H,5-8,15H2,1H3. The summed E-state index contributed by atoms with van der Waals surface area (Å²) >= 11 is 0. The lowest BCUT2D eigenvalue weighted by molar-refractivity contribution is 0.586. The molecule has 0 aliphatic carbocycles. The van der Waals surface area contributed by atoms with Gasteiger partial charge in [-0.3, -0.25) is 0 Å². The van der Waals surface area contributed by atoms with Crippen molar-refractivity contribution in [1.82, 2.24) is 10.3 Å². The van der Waals surface area contributed by atoms with Crippen LogP contribution in [0.5, 0.6) is 0 Å². The van der Waals surface area contributed by atoms with E-state index in [1.54, 1.807) is 0 Å². The van der Waals surface area contributed by atoms with Crippen molar-refractivity contribution in [2.75, 3.05) is 36.8 Å². The van der Waals surface area contributed by atoms with Crippen LogP contribution in [0.4, 0.5) is 11.5 Å². The van der Waals surface area contributed by atoms with Crippen molar-refractivity contribution in [3.8, 4) is 0 Å². The second-order valence-corrected chi connectivity index (χ2v) is 4.77. The third kappa shape index (κ3) is 1.88. The Morgan fingerprint density at radius 2 is 2.00 bits per heavy atom. The largest absolute Gasteiger partial charge is 0.398 e. The van der Waals surface area contributed by atoms with Gasteiger partial charge in [0, 0.05) is 48.3 Å². The molecule has 18 heavy (non-hydrogen) atoms. The van der Waals surface area contributed by atoms with Gasteiger partial charge in [0.15, 0.2) is 0 Å². The first kappa shape index (κ1) is 11.3. The number of pyridine rings is 1. The van der Waals surface area contributed by atoms with Crippen LogP contribution in [-0.2, 0) is 0 Å². The summed E-state index contributed by atoms with van der Waals surface area (Å²) in [6, 6.07) is 8.12. The minimum absolute atomic E-state index is 0.828. The first-order valence-corrected chi connectivity index (χ1v) is 6.37. The third-order valence-electron chi connectivity index (χ3n) is 3.43. The zero-order chi connectivity index (χ0) is 12.5. The van der Waals surface area contributed by atoms with Gasteiger partial charge in [0.25, 0.3) is 0 Å². The number of nitrogens with zero attached hydrogens (tertiary/aromatic N) is 2. The van der Waals surface area contributed by atoms with Gasteiger partial charge in [0.2, 0.25) is 0 Å². The molecule has 1 aromatic carbocycles. The number of rotatable bonds is 1. The van der Waals surface area contributed by atoms with Crippen molar-refractivity contribution in [2.45, 2.75) is 6.92 Å². The average Bonchev–Trinajstić information content (AvgIpc) is 2.40. The van der Waals surface area contributed by atoms with Crippen LogP contribution in [0.3, 0.4) is 0 Å². The summed E-state index contributed by atoms with van der Waals surface area (Å²) in [6.07, 6.45) is 0. The van der Waals surface area contributed by atoms with Gasteiger partial charge in [-0.1, -0.05) is 12.1 Å². The van der Waals surface area contributed by atoms with Gasteiger partial charge in [-0.15, -0.1) is 0 Å². The van der Waals surface area contributed by atoms with Crippen molar-refractivity contribution >= 4 is 22.3 Å². The van der Waals surface area contributed by atoms with E-state index in [0.29, 0.717) is 0 Å². The molecule has 0 unspecified atom stereocenters. The van der Waals surface area contributed by atoms with Crippen LogP contribution in [0.15, 0.2) is 24.3 Å². The molecule has 2 aromatic rings. The van der Waals surface area contributed by atoms with Gasteiger partial charge in [-0.05, 0) is 19.1 Å². The number of nitrogens with one attached hydrogen (secondary N) is 1. The number of fused-ring (bicyclic) bond motifs is 1. The van der Waals surface area contributed by atoms with Crippen LogP contribution in [-0.4, -0.2) is 31.2 Å². The van der Waals surface area contributed by atoms with E-state index < -0.39 is 0 Å². The van der Waals surface area contributed by atoms with E-state index in [2.05, 4.69) is 22.3 Å². The number of nitrogens with two attached hydrogens (primary N) is 1. The van der Waals surface area contributed by atoms with Crippen LogP contribution < -0.4 is 16.0 Å². The minimum atomic E-state index is 0.828. The Balaban J connectivity index is 2.18. The summed E-state index contributed by atoms with van der Waals surface area (Å²) in [4.78, 5) is 7.05. The van der Waals surface area contributed by atoms with Crippen LogP contribution in [0.25, 0.3) is 10.8 Å². The lowest BCUT2D eigenvalue weighted by Crippen LogP contribution is -2.44. The summed E-state index contributed by atoms with van der Waals surface area (Å²) in [6.45, 7) is 6.05. The number of hydrogen-bond donors (Lipinski definition) is 2. The summed E-state index contributed by atoms with van der Waals surface area (Å²) in [5, 5.41) is 5.63. The van der Waals surface area contributed by atoms with E-state index in [1.165, 1.54) is 0 Å². The highest BCUT2D eigenvalue weighted by molar-refractivity contribution is 5.99. The SMILES string of the molecule is Cc1cc2c(N)cccc2c(N2CCNCC2)n1. The minimum Gasteiger partial charge on any atom is -0.398 e. The monoisotopic (exact) mass is 242 g/mol. The fourth-order valence-corrected chi connectivity index (χ4v) is 2.53. The molecule has 1 aliphatic heterocycles. The molecule has 4 heteroatoms. The molecule has 1 fully saturated rings. The maximum Gasteiger partial charge on any atom is 0.136 e. The Bertz CT molecular complexity index is 573. The number of aryl methyl sites for hydroxylation is 1. The Kier molecular flexibility index (Phi) is 2.80. The predicted octanol–water partition coefficient (Wildman–Crippen LogP) is 1.54. The average molecular weight is 242 g/mol. The molecule has 0 spiro atoms. The lowest BCUT2D eigenvalue weighted by atomic mass is 10.1. The molecule has 94 valence electrons. The zero-order valence-electron chi connectivity index (χ0n) is 10.6. The molecular weight excluding hydrogens is 224 g/mol. The Labute approximate surface area is 107 Å². The molecule has 4 nitrogen and oxygen atoms in total. The summed E-state index contributed by atoms with van der Waals surface area (Å²) in [7, 11) is 0. The van der Waals surface area contributed by atoms with Crippen LogP contribution >= 0.6 is 0 Å². The molecule has 0 radical (unpaired) electrons. The van der Waals surface area contributed by atoms with Gasteiger partial charge in [-0.2, -0.15) is 0 Å². The van der Waals surface area contributed by atoms with Crippen molar-refractivity contribution < 1.29 is 0 Å². The highest BCUT2D eigenvalue weighted by Crippen LogP contribution is 2.29. The number of anilines is 2. The van der Waals surface area contributed by atoms with E-state index in [0.717, 1.165) is 54.2 Å². The molecule has 1 saturated heterocycles. The molecule has 2 heterocycles. The predicted molar refractivity (Wildman–Crippen MR) is 76.0 cm³/mol. The van der Waals surface area contributed by atoms with E-state index in [-0.39, 0.29) is 0 Å². The number of hydrogen-bond acceptors (Lipinski definition) is 4. The maximum absolute atomic E-state index is 6.06. The van der Waals surface area contributed by atoms with Crippen molar-refractivity contribution in [1.29, 1.82) is 0 Å². The van der Waals surface area contributed by atoms with E-state index in [9.17, 15) is 0 Å². The molecule has 1 aromatic heterocycles. The molecule has 0 atom stereocenters. The van der Waals surface area contributed by atoms with Gasteiger partial charge >= 0.3 is 0 Å². The number of nitrogen functional groups attached to an aromatic ring is 1. The molecule has 1 aliphatic rings. The summed E-state index contributed by atoms with van der Waals surface area (Å²) < 4.78 is 0. The molecule has 3 N–H and O–H groups in total.